The summed E-state index contributed by atoms with van der Waals surface area (Å²) in [6.07, 6.45) is 13.5. The fourth-order valence-corrected chi connectivity index (χ4v) is 6.87. The first-order chi connectivity index (χ1) is 14.5. The van der Waals surface area contributed by atoms with Crippen molar-refractivity contribution in [2.24, 2.45) is 5.92 Å². The number of hydrogen-bond donors (Lipinski definition) is 1. The van der Waals surface area contributed by atoms with Gasteiger partial charge in [0.1, 0.15) is 5.72 Å². The number of nitrogens with one attached hydrogen (secondary N) is 1. The first kappa shape index (κ1) is 25.0. The number of methoxy groups -OCH3 is 1. The van der Waals surface area contributed by atoms with Crippen molar-refractivity contribution in [1.82, 2.24) is 10.2 Å². The Balaban J connectivity index is 1.96. The van der Waals surface area contributed by atoms with Gasteiger partial charge in [-0.05, 0) is 59.3 Å². The van der Waals surface area contributed by atoms with Gasteiger partial charge in [0.25, 0.3) is 5.91 Å². The van der Waals surface area contributed by atoms with E-state index in [2.05, 4.69) is 44.8 Å². The van der Waals surface area contributed by atoms with E-state index < -0.39 is 11.3 Å². The lowest BCUT2D eigenvalue weighted by Gasteiger charge is -2.50. The number of ether oxygens (including phenoxy) is 2. The second kappa shape index (κ2) is 9.69. The number of carbonyl (C=O) groups is 1. The summed E-state index contributed by atoms with van der Waals surface area (Å²) in [6.45, 7) is 12.4. The molecule has 180 valence electrons. The van der Waals surface area contributed by atoms with Crippen LogP contribution >= 0.6 is 0 Å². The summed E-state index contributed by atoms with van der Waals surface area (Å²) in [4.78, 5) is 16.4. The van der Waals surface area contributed by atoms with Gasteiger partial charge >= 0.3 is 0 Å². The summed E-state index contributed by atoms with van der Waals surface area (Å²) in [5, 5.41) is 3.75. The SMILES string of the molecule is COCC(C)CN1C(=O)C2(CC(C)(C)NC(C)(C)C2)OC12CCCCCCCCCC2. The number of nitrogens with zero attached hydrogens (tertiary/aromatic N) is 1. The van der Waals surface area contributed by atoms with Crippen LogP contribution in [0.5, 0.6) is 0 Å². The summed E-state index contributed by atoms with van der Waals surface area (Å²) in [6, 6.07) is 0. The van der Waals surface area contributed by atoms with Crippen LogP contribution in [0.3, 0.4) is 0 Å². The molecule has 1 aliphatic carbocycles. The molecule has 1 N–H and O–H groups in total. The summed E-state index contributed by atoms with van der Waals surface area (Å²) in [7, 11) is 1.75. The highest BCUT2D eigenvalue weighted by molar-refractivity contribution is 5.88. The molecular formula is C26H48N2O3. The van der Waals surface area contributed by atoms with Crippen molar-refractivity contribution in [2.45, 2.75) is 134 Å². The normalized spacial score (nSPS) is 29.1. The molecule has 1 atom stereocenters. The van der Waals surface area contributed by atoms with Gasteiger partial charge in [-0.2, -0.15) is 0 Å². The maximum absolute atomic E-state index is 14.2. The molecule has 2 heterocycles. The van der Waals surface area contributed by atoms with Gasteiger partial charge in [-0.1, -0.05) is 45.4 Å². The average Bonchev–Trinajstić information content (AvgIpc) is 2.81. The molecule has 0 aromatic rings. The minimum Gasteiger partial charge on any atom is -0.384 e. The average molecular weight is 437 g/mol. The van der Waals surface area contributed by atoms with Gasteiger partial charge < -0.3 is 19.7 Å². The highest BCUT2D eigenvalue weighted by Crippen LogP contribution is 2.51. The highest BCUT2D eigenvalue weighted by atomic mass is 16.6. The van der Waals surface area contributed by atoms with Crippen LogP contribution in [0.2, 0.25) is 0 Å². The van der Waals surface area contributed by atoms with E-state index in [-0.39, 0.29) is 17.0 Å². The first-order valence-electron chi connectivity index (χ1n) is 12.8. The molecule has 5 nitrogen and oxygen atoms in total. The zero-order chi connectivity index (χ0) is 22.8. The molecule has 2 saturated heterocycles. The van der Waals surface area contributed by atoms with E-state index in [1.807, 2.05) is 0 Å². The van der Waals surface area contributed by atoms with Crippen LogP contribution < -0.4 is 5.32 Å². The summed E-state index contributed by atoms with van der Waals surface area (Å²) < 4.78 is 12.6. The number of hydrogen-bond acceptors (Lipinski definition) is 4. The van der Waals surface area contributed by atoms with Crippen LogP contribution in [0.15, 0.2) is 0 Å². The molecule has 31 heavy (non-hydrogen) atoms. The van der Waals surface area contributed by atoms with Crippen molar-refractivity contribution in [1.29, 1.82) is 0 Å². The third-order valence-electron chi connectivity index (χ3n) is 7.47. The maximum atomic E-state index is 14.2. The fraction of sp³-hybridized carbons (Fsp3) is 0.962. The van der Waals surface area contributed by atoms with Crippen LogP contribution in [0.4, 0.5) is 0 Å². The minimum atomic E-state index is -0.717. The van der Waals surface area contributed by atoms with Gasteiger partial charge in [-0.25, -0.2) is 0 Å². The Kier molecular flexibility index (Phi) is 7.81. The van der Waals surface area contributed by atoms with Crippen molar-refractivity contribution in [2.75, 3.05) is 20.3 Å². The van der Waals surface area contributed by atoms with E-state index >= 15 is 0 Å². The summed E-state index contributed by atoms with van der Waals surface area (Å²) in [5.74, 6) is 0.526. The zero-order valence-electron chi connectivity index (χ0n) is 21.1. The third kappa shape index (κ3) is 5.83. The quantitative estimate of drug-likeness (QED) is 0.639. The maximum Gasteiger partial charge on any atom is 0.257 e. The third-order valence-corrected chi connectivity index (χ3v) is 7.47. The smallest absolute Gasteiger partial charge is 0.257 e. The van der Waals surface area contributed by atoms with Crippen molar-refractivity contribution in [3.63, 3.8) is 0 Å². The monoisotopic (exact) mass is 436 g/mol. The molecule has 3 fully saturated rings. The Hall–Kier alpha value is -0.650. The Bertz CT molecular complexity index is 588. The van der Waals surface area contributed by atoms with Gasteiger partial charge in [-0.3, -0.25) is 4.79 Å². The Morgan fingerprint density at radius 3 is 1.90 bits per heavy atom. The van der Waals surface area contributed by atoms with E-state index in [0.717, 1.165) is 45.1 Å². The molecule has 1 unspecified atom stereocenters. The van der Waals surface area contributed by atoms with E-state index in [1.165, 1.54) is 38.5 Å². The molecule has 2 aliphatic heterocycles. The van der Waals surface area contributed by atoms with E-state index in [4.69, 9.17) is 9.47 Å². The van der Waals surface area contributed by atoms with Gasteiger partial charge in [0.15, 0.2) is 5.60 Å². The lowest BCUT2D eigenvalue weighted by Crippen LogP contribution is -2.65. The molecular weight excluding hydrogens is 388 g/mol. The van der Waals surface area contributed by atoms with Crippen LogP contribution in [0.1, 0.15) is 112 Å². The van der Waals surface area contributed by atoms with Crippen LogP contribution in [0, 0.1) is 5.92 Å². The van der Waals surface area contributed by atoms with Crippen LogP contribution in [0.25, 0.3) is 0 Å². The first-order valence-corrected chi connectivity index (χ1v) is 12.8. The number of rotatable bonds is 4. The molecule has 1 amide bonds. The van der Waals surface area contributed by atoms with Crippen molar-refractivity contribution < 1.29 is 14.3 Å². The molecule has 0 radical (unpaired) electrons. The van der Waals surface area contributed by atoms with Gasteiger partial charge in [0.2, 0.25) is 0 Å². The Morgan fingerprint density at radius 1 is 0.935 bits per heavy atom. The van der Waals surface area contributed by atoms with E-state index in [9.17, 15) is 4.79 Å². The predicted molar refractivity (Wildman–Crippen MR) is 126 cm³/mol. The highest BCUT2D eigenvalue weighted by Gasteiger charge is 2.64. The Labute approximate surface area is 191 Å². The van der Waals surface area contributed by atoms with Crippen LogP contribution in [-0.4, -0.2) is 53.5 Å². The molecule has 3 aliphatic rings. The molecule has 2 spiro atoms. The Morgan fingerprint density at radius 2 is 1.42 bits per heavy atom. The van der Waals surface area contributed by atoms with Gasteiger partial charge in [0.05, 0.1) is 6.61 Å². The molecule has 1 saturated carbocycles. The van der Waals surface area contributed by atoms with Crippen molar-refractivity contribution >= 4 is 5.91 Å². The number of piperidine rings is 1. The van der Waals surface area contributed by atoms with E-state index in [0.29, 0.717) is 12.5 Å². The second-order valence-corrected chi connectivity index (χ2v) is 12.1. The second-order valence-electron chi connectivity index (χ2n) is 12.1. The lowest BCUT2D eigenvalue weighted by atomic mass is 9.72. The molecule has 5 heteroatoms. The number of carbonyl (C=O) groups excluding carboxylic acids is 1. The van der Waals surface area contributed by atoms with Crippen LogP contribution in [-0.2, 0) is 14.3 Å². The molecule has 0 bridgehead atoms. The van der Waals surface area contributed by atoms with Gasteiger partial charge in [0, 0.05) is 37.6 Å². The minimum absolute atomic E-state index is 0.139. The topological polar surface area (TPSA) is 50.8 Å². The fourth-order valence-electron chi connectivity index (χ4n) is 6.87. The molecule has 3 rings (SSSR count). The van der Waals surface area contributed by atoms with Crippen molar-refractivity contribution in [3.8, 4) is 0 Å². The lowest BCUT2D eigenvalue weighted by molar-refractivity contribution is -0.177. The summed E-state index contributed by atoms with van der Waals surface area (Å²) >= 11 is 0. The van der Waals surface area contributed by atoms with Gasteiger partial charge in [-0.15, -0.1) is 0 Å². The van der Waals surface area contributed by atoms with E-state index in [1.54, 1.807) is 7.11 Å². The number of amides is 1. The molecule has 0 aromatic carbocycles. The standard InChI is InChI=1S/C26H48N2O3/c1-21(18-30-6)17-28-22(29)25(19-23(2,3)27-24(4,5)20-25)31-26(28)15-13-11-9-7-8-10-12-14-16-26/h21,27H,7-20H2,1-6H3. The largest absolute Gasteiger partial charge is 0.384 e. The predicted octanol–water partition coefficient (Wildman–Crippen LogP) is 5.42. The van der Waals surface area contributed by atoms with Crippen molar-refractivity contribution in [3.05, 3.63) is 0 Å². The molecule has 0 aromatic heterocycles. The zero-order valence-corrected chi connectivity index (χ0v) is 21.1. The summed E-state index contributed by atoms with van der Waals surface area (Å²) in [5.41, 5.74) is -1.45.